The van der Waals surface area contributed by atoms with E-state index in [1.807, 2.05) is 34.7 Å². The molecule has 1 aliphatic heterocycles. The molecule has 3 aromatic rings. The summed E-state index contributed by atoms with van der Waals surface area (Å²) in [5, 5.41) is 30.7. The Labute approximate surface area is 169 Å². The van der Waals surface area contributed by atoms with E-state index in [1.54, 1.807) is 0 Å². The summed E-state index contributed by atoms with van der Waals surface area (Å²) in [6.07, 6.45) is 10.2. The number of rotatable bonds is 3. The molecule has 3 aliphatic rings. The standard InChI is InChI=1S/C22H24N6O/c1-22(29)16-2-3-17(22)12-26(11-16)20-7-21-15(6-14(20)8-23)9-25-28(21)19-10-24-27(13-19)18-4-5-18/h6-7,9-10,13,16-18,29H,2-5,11-12H2,1H3/t16-,17+,22?. The molecule has 1 unspecified atom stereocenters. The van der Waals surface area contributed by atoms with Crippen LogP contribution in [0.2, 0.25) is 0 Å². The Morgan fingerprint density at radius 1 is 1.10 bits per heavy atom. The van der Waals surface area contributed by atoms with Crippen LogP contribution in [0.25, 0.3) is 16.6 Å². The fourth-order valence-corrected chi connectivity index (χ4v) is 5.27. The highest BCUT2D eigenvalue weighted by Crippen LogP contribution is 2.46. The third-order valence-electron chi connectivity index (χ3n) is 7.30. The molecule has 29 heavy (non-hydrogen) atoms. The Bertz CT molecular complexity index is 1130. The first kappa shape index (κ1) is 17.0. The average Bonchev–Trinajstić information content (AvgIpc) is 3.30. The summed E-state index contributed by atoms with van der Waals surface area (Å²) in [6, 6.07) is 6.94. The van der Waals surface area contributed by atoms with Crippen molar-refractivity contribution in [2.24, 2.45) is 11.8 Å². The minimum absolute atomic E-state index is 0.255. The van der Waals surface area contributed by atoms with Crippen molar-refractivity contribution in [2.75, 3.05) is 18.0 Å². The lowest BCUT2D eigenvalue weighted by atomic mass is 9.81. The average molecular weight is 388 g/mol. The van der Waals surface area contributed by atoms with E-state index < -0.39 is 5.60 Å². The lowest BCUT2D eigenvalue weighted by molar-refractivity contribution is -0.0272. The summed E-state index contributed by atoms with van der Waals surface area (Å²) in [4.78, 5) is 2.29. The lowest BCUT2D eigenvalue weighted by Crippen LogP contribution is -2.52. The highest BCUT2D eigenvalue weighted by Gasteiger charge is 2.50. The molecular weight excluding hydrogens is 364 g/mol. The van der Waals surface area contributed by atoms with Gasteiger partial charge in [-0.2, -0.15) is 15.5 Å². The number of nitrogens with zero attached hydrogens (tertiary/aromatic N) is 6. The summed E-state index contributed by atoms with van der Waals surface area (Å²) >= 11 is 0. The van der Waals surface area contributed by atoms with E-state index in [2.05, 4.69) is 33.4 Å². The van der Waals surface area contributed by atoms with Crippen molar-refractivity contribution in [2.45, 2.75) is 44.2 Å². The molecule has 3 fully saturated rings. The second-order valence-corrected chi connectivity index (χ2v) is 9.11. The number of piperidine rings is 1. The Morgan fingerprint density at radius 2 is 1.86 bits per heavy atom. The van der Waals surface area contributed by atoms with Crippen LogP contribution in [0.15, 0.2) is 30.7 Å². The van der Waals surface area contributed by atoms with Gasteiger partial charge in [0.2, 0.25) is 0 Å². The number of fused-ring (bicyclic) bond motifs is 3. The smallest absolute Gasteiger partial charge is 0.103 e. The number of hydrogen-bond acceptors (Lipinski definition) is 5. The van der Waals surface area contributed by atoms with E-state index in [4.69, 9.17) is 0 Å². The molecule has 0 radical (unpaired) electrons. The number of aromatic nitrogens is 4. The molecule has 1 saturated heterocycles. The molecule has 6 rings (SSSR count). The van der Waals surface area contributed by atoms with Crippen LogP contribution in [0, 0.1) is 23.2 Å². The predicted octanol–water partition coefficient (Wildman–Crippen LogP) is 3.03. The van der Waals surface area contributed by atoms with Crippen molar-refractivity contribution in [3.8, 4) is 11.8 Å². The van der Waals surface area contributed by atoms with Crippen LogP contribution in [0.4, 0.5) is 5.69 Å². The highest BCUT2D eigenvalue weighted by molar-refractivity contribution is 5.87. The van der Waals surface area contributed by atoms with Gasteiger partial charge < -0.3 is 10.0 Å². The van der Waals surface area contributed by atoms with Crippen LogP contribution in [-0.2, 0) is 0 Å². The van der Waals surface area contributed by atoms with Crippen LogP contribution in [0.1, 0.15) is 44.2 Å². The summed E-state index contributed by atoms with van der Waals surface area (Å²) in [7, 11) is 0. The van der Waals surface area contributed by atoms with E-state index in [0.717, 1.165) is 48.2 Å². The van der Waals surface area contributed by atoms with Gasteiger partial charge >= 0.3 is 0 Å². The number of hydrogen-bond donors (Lipinski definition) is 1. The summed E-state index contributed by atoms with van der Waals surface area (Å²) in [6.45, 7) is 3.56. The quantitative estimate of drug-likeness (QED) is 0.746. The number of aliphatic hydroxyl groups is 1. The molecule has 0 amide bonds. The lowest BCUT2D eigenvalue weighted by Gasteiger charge is -2.43. The number of benzene rings is 1. The molecule has 2 bridgehead atoms. The van der Waals surface area contributed by atoms with Gasteiger partial charge in [0.25, 0.3) is 0 Å². The monoisotopic (exact) mass is 388 g/mol. The van der Waals surface area contributed by atoms with Gasteiger partial charge in [-0.05, 0) is 44.7 Å². The van der Waals surface area contributed by atoms with Gasteiger partial charge in [-0.15, -0.1) is 0 Å². The maximum Gasteiger partial charge on any atom is 0.103 e. The predicted molar refractivity (Wildman–Crippen MR) is 109 cm³/mol. The van der Waals surface area contributed by atoms with Gasteiger partial charge in [0.15, 0.2) is 0 Å². The highest BCUT2D eigenvalue weighted by atomic mass is 16.3. The van der Waals surface area contributed by atoms with Gasteiger partial charge in [0.05, 0.1) is 47.0 Å². The third-order valence-corrected chi connectivity index (χ3v) is 7.30. The zero-order valence-corrected chi connectivity index (χ0v) is 16.5. The summed E-state index contributed by atoms with van der Waals surface area (Å²) < 4.78 is 3.94. The molecule has 0 spiro atoms. The van der Waals surface area contributed by atoms with Gasteiger partial charge in [-0.1, -0.05) is 0 Å². The van der Waals surface area contributed by atoms with Gasteiger partial charge in [-0.3, -0.25) is 4.68 Å². The van der Waals surface area contributed by atoms with Crippen molar-refractivity contribution in [3.63, 3.8) is 0 Å². The van der Waals surface area contributed by atoms with Crippen LogP contribution in [-0.4, -0.2) is 43.4 Å². The molecule has 3 atom stereocenters. The Hall–Kier alpha value is -2.85. The molecule has 1 aromatic carbocycles. The largest absolute Gasteiger partial charge is 0.389 e. The summed E-state index contributed by atoms with van der Waals surface area (Å²) in [5.41, 5.74) is 2.96. The maximum atomic E-state index is 10.8. The fraction of sp³-hybridized carbons (Fsp3) is 0.500. The van der Waals surface area contributed by atoms with Crippen molar-refractivity contribution >= 4 is 16.6 Å². The van der Waals surface area contributed by atoms with Crippen LogP contribution >= 0.6 is 0 Å². The molecule has 7 nitrogen and oxygen atoms in total. The molecule has 2 aromatic heterocycles. The molecule has 7 heteroatoms. The van der Waals surface area contributed by atoms with E-state index >= 15 is 0 Å². The first-order chi connectivity index (χ1) is 14.0. The zero-order chi connectivity index (χ0) is 19.8. The second kappa shape index (κ2) is 5.83. The van der Waals surface area contributed by atoms with Crippen LogP contribution in [0.5, 0.6) is 0 Å². The van der Waals surface area contributed by atoms with E-state index in [0.29, 0.717) is 11.6 Å². The van der Waals surface area contributed by atoms with Crippen LogP contribution < -0.4 is 4.90 Å². The number of nitriles is 1. The van der Waals surface area contributed by atoms with E-state index in [-0.39, 0.29) is 11.8 Å². The first-order valence-corrected chi connectivity index (χ1v) is 10.5. The zero-order valence-electron chi connectivity index (χ0n) is 16.5. The van der Waals surface area contributed by atoms with Crippen molar-refractivity contribution < 1.29 is 5.11 Å². The first-order valence-electron chi connectivity index (χ1n) is 10.5. The van der Waals surface area contributed by atoms with Gasteiger partial charge in [-0.25, -0.2) is 4.68 Å². The Morgan fingerprint density at radius 3 is 2.55 bits per heavy atom. The Balaban J connectivity index is 1.42. The van der Waals surface area contributed by atoms with Gasteiger partial charge in [0.1, 0.15) is 11.8 Å². The number of anilines is 1. The molecular formula is C22H24N6O. The van der Waals surface area contributed by atoms with Crippen molar-refractivity contribution in [1.82, 2.24) is 19.6 Å². The van der Waals surface area contributed by atoms with Crippen molar-refractivity contribution in [1.29, 1.82) is 5.26 Å². The van der Waals surface area contributed by atoms with E-state index in [1.165, 1.54) is 12.8 Å². The Kier molecular flexibility index (Phi) is 3.43. The third kappa shape index (κ3) is 2.52. The normalized spacial score (nSPS) is 28.8. The molecule has 3 heterocycles. The fourth-order valence-electron chi connectivity index (χ4n) is 5.27. The topological polar surface area (TPSA) is 82.9 Å². The maximum absolute atomic E-state index is 10.8. The minimum atomic E-state index is -0.591. The SMILES string of the molecule is CC1(O)[C@@H]2CC[C@H]1CN(c1cc3c(cnn3-c3cnn(C4CC4)c3)cc1C#N)C2. The van der Waals surface area contributed by atoms with Crippen molar-refractivity contribution in [3.05, 3.63) is 36.3 Å². The molecule has 2 saturated carbocycles. The van der Waals surface area contributed by atoms with Crippen LogP contribution in [0.3, 0.4) is 0 Å². The summed E-state index contributed by atoms with van der Waals surface area (Å²) in [5.74, 6) is 0.510. The molecule has 148 valence electrons. The molecule has 2 aliphatic carbocycles. The minimum Gasteiger partial charge on any atom is -0.389 e. The van der Waals surface area contributed by atoms with Gasteiger partial charge in [0, 0.05) is 30.3 Å². The molecule has 1 N–H and O–H groups in total. The second-order valence-electron chi connectivity index (χ2n) is 9.11. The van der Waals surface area contributed by atoms with E-state index in [9.17, 15) is 10.4 Å².